The molecule has 40 heavy (non-hydrogen) atoms. The maximum atomic E-state index is 14.6. The molecule has 0 saturated carbocycles. The summed E-state index contributed by atoms with van der Waals surface area (Å²) in [4.78, 5) is 34.6. The van der Waals surface area contributed by atoms with E-state index in [1.54, 1.807) is 47.1 Å². The molecule has 210 valence electrons. The van der Waals surface area contributed by atoms with Crippen LogP contribution in [-0.2, 0) is 9.53 Å². The molecule has 3 N–H and O–H groups in total. The molecule has 2 aliphatic heterocycles. The van der Waals surface area contributed by atoms with Crippen molar-refractivity contribution in [1.29, 1.82) is 0 Å². The number of phenolic OH excluding ortho intramolecular Hbond substituents is 1. The first-order chi connectivity index (χ1) is 19.2. The molecule has 0 unspecified atom stereocenters. The van der Waals surface area contributed by atoms with Gasteiger partial charge in [-0.05, 0) is 77.5 Å². The van der Waals surface area contributed by atoms with Gasteiger partial charge in [0.2, 0.25) is 0 Å². The summed E-state index contributed by atoms with van der Waals surface area (Å²) in [6.07, 6.45) is 0. The third kappa shape index (κ3) is 5.75. The number of benzene rings is 3. The van der Waals surface area contributed by atoms with Crippen LogP contribution in [0.5, 0.6) is 5.75 Å². The number of phenols is 1. The van der Waals surface area contributed by atoms with Gasteiger partial charge in [0.05, 0.1) is 35.5 Å². The number of morpholine rings is 1. The first-order valence-corrected chi connectivity index (χ1v) is 14.8. The van der Waals surface area contributed by atoms with E-state index in [4.69, 9.17) is 33.7 Å². The molecule has 1 fully saturated rings. The van der Waals surface area contributed by atoms with Gasteiger partial charge in [0.1, 0.15) is 11.8 Å². The summed E-state index contributed by atoms with van der Waals surface area (Å²) in [6, 6.07) is 13.7. The second-order valence-electron chi connectivity index (χ2n) is 9.88. The number of ether oxygens (including phenoxy) is 1. The Labute approximate surface area is 256 Å². The Morgan fingerprint density at radius 3 is 2.45 bits per heavy atom. The molecular formula is C29H29Cl2IN4O4. The molecule has 2 atom stereocenters. The fourth-order valence-electron chi connectivity index (χ4n) is 5.31. The SMILES string of the molecule is C[C@@H](c1cc(O)c(Cl)cc1N)N1C(=O)c2cc(I)ccc2N(CCN2CCOCC2)C(=O)[C@H]1c1ccc(Cl)cc1. The number of anilines is 2. The van der Waals surface area contributed by atoms with Gasteiger partial charge in [-0.25, -0.2) is 0 Å². The van der Waals surface area contributed by atoms with Crippen molar-refractivity contribution in [1.82, 2.24) is 9.80 Å². The van der Waals surface area contributed by atoms with Gasteiger partial charge in [-0.15, -0.1) is 0 Å². The minimum Gasteiger partial charge on any atom is -0.506 e. The Hall–Kier alpha value is -2.57. The van der Waals surface area contributed by atoms with Crippen molar-refractivity contribution in [3.63, 3.8) is 0 Å². The molecule has 0 spiro atoms. The summed E-state index contributed by atoms with van der Waals surface area (Å²) in [5.41, 5.74) is 8.72. The first kappa shape index (κ1) is 28.9. The van der Waals surface area contributed by atoms with Crippen molar-refractivity contribution in [2.45, 2.75) is 19.0 Å². The molecule has 8 nitrogen and oxygen atoms in total. The lowest BCUT2D eigenvalue weighted by molar-refractivity contribution is -0.123. The number of carbonyl (C=O) groups excluding carboxylic acids is 2. The highest BCUT2D eigenvalue weighted by Gasteiger charge is 2.43. The summed E-state index contributed by atoms with van der Waals surface area (Å²) < 4.78 is 6.35. The fraction of sp³-hybridized carbons (Fsp3) is 0.310. The van der Waals surface area contributed by atoms with E-state index in [9.17, 15) is 14.7 Å². The van der Waals surface area contributed by atoms with Crippen molar-refractivity contribution < 1.29 is 19.4 Å². The number of rotatable bonds is 6. The maximum absolute atomic E-state index is 14.6. The number of fused-ring (bicyclic) bond motifs is 1. The Morgan fingerprint density at radius 2 is 1.75 bits per heavy atom. The van der Waals surface area contributed by atoms with E-state index < -0.39 is 12.1 Å². The number of nitrogens with two attached hydrogens (primary N) is 1. The molecule has 3 aromatic carbocycles. The van der Waals surface area contributed by atoms with Crippen LogP contribution in [-0.4, -0.2) is 66.1 Å². The molecule has 3 aromatic rings. The number of hydrogen-bond acceptors (Lipinski definition) is 6. The van der Waals surface area contributed by atoms with E-state index in [0.29, 0.717) is 59.4 Å². The lowest BCUT2D eigenvalue weighted by Crippen LogP contribution is -2.47. The predicted molar refractivity (Wildman–Crippen MR) is 165 cm³/mol. The second-order valence-corrected chi connectivity index (χ2v) is 12.0. The Kier molecular flexibility index (Phi) is 8.77. The number of aromatic hydroxyl groups is 1. The van der Waals surface area contributed by atoms with Gasteiger partial charge in [0.15, 0.2) is 0 Å². The summed E-state index contributed by atoms with van der Waals surface area (Å²) in [6.45, 7) is 5.69. The van der Waals surface area contributed by atoms with Crippen LogP contribution < -0.4 is 10.6 Å². The van der Waals surface area contributed by atoms with Gasteiger partial charge >= 0.3 is 0 Å². The number of hydrogen-bond donors (Lipinski definition) is 2. The number of amides is 2. The third-order valence-corrected chi connectivity index (χ3v) is 8.67. The average molecular weight is 695 g/mol. The summed E-state index contributed by atoms with van der Waals surface area (Å²) in [7, 11) is 0. The summed E-state index contributed by atoms with van der Waals surface area (Å²) >= 11 is 14.5. The lowest BCUT2D eigenvalue weighted by atomic mass is 9.97. The van der Waals surface area contributed by atoms with Crippen LogP contribution in [0.3, 0.4) is 0 Å². The summed E-state index contributed by atoms with van der Waals surface area (Å²) in [5, 5.41) is 11.0. The van der Waals surface area contributed by atoms with Crippen molar-refractivity contribution in [3.8, 4) is 5.75 Å². The minimum atomic E-state index is -0.980. The van der Waals surface area contributed by atoms with E-state index in [0.717, 1.165) is 16.7 Å². The van der Waals surface area contributed by atoms with Gasteiger partial charge in [-0.3, -0.25) is 14.5 Å². The highest BCUT2D eigenvalue weighted by atomic mass is 127. The molecule has 0 bridgehead atoms. The number of halogens is 3. The number of nitrogen functional groups attached to an aromatic ring is 1. The van der Waals surface area contributed by atoms with Crippen LogP contribution in [0.4, 0.5) is 11.4 Å². The molecule has 11 heteroatoms. The number of nitrogens with zero attached hydrogens (tertiary/aromatic N) is 3. The largest absolute Gasteiger partial charge is 0.506 e. The van der Waals surface area contributed by atoms with E-state index >= 15 is 0 Å². The highest BCUT2D eigenvalue weighted by molar-refractivity contribution is 14.1. The Bertz CT molecular complexity index is 1430. The lowest BCUT2D eigenvalue weighted by Gasteiger charge is -2.36. The Balaban J connectivity index is 1.65. The van der Waals surface area contributed by atoms with Crippen LogP contribution in [0.15, 0.2) is 54.6 Å². The predicted octanol–water partition coefficient (Wildman–Crippen LogP) is 5.51. The number of carbonyl (C=O) groups is 2. The standard InChI is InChI=1S/C29H29Cl2IN4O4/c1-17(21-15-26(37)23(31)16-24(21)33)36-27(18-2-4-19(30)5-3-18)29(39)35(9-8-34-10-12-40-13-11-34)25-7-6-20(32)14-22(25)28(36)38/h2-7,14-17,27,37H,8-13,33H2,1H3/t17-,27+/m0/s1. The monoisotopic (exact) mass is 694 g/mol. The maximum Gasteiger partial charge on any atom is 0.257 e. The molecule has 2 amide bonds. The normalized spacial score (nSPS) is 18.9. The van der Waals surface area contributed by atoms with Gasteiger partial charge in [0.25, 0.3) is 11.8 Å². The molecule has 2 aliphatic rings. The van der Waals surface area contributed by atoms with E-state index in [2.05, 4.69) is 27.5 Å². The zero-order chi connectivity index (χ0) is 28.6. The van der Waals surface area contributed by atoms with E-state index in [1.165, 1.54) is 12.1 Å². The third-order valence-electron chi connectivity index (χ3n) is 7.44. The van der Waals surface area contributed by atoms with Gasteiger partial charge < -0.3 is 25.4 Å². The van der Waals surface area contributed by atoms with Crippen LogP contribution >= 0.6 is 45.8 Å². The minimum absolute atomic E-state index is 0.107. The molecular weight excluding hydrogens is 666 g/mol. The van der Waals surface area contributed by atoms with Crippen LogP contribution in [0.2, 0.25) is 10.0 Å². The van der Waals surface area contributed by atoms with Gasteiger partial charge in [-0.2, -0.15) is 0 Å². The van der Waals surface area contributed by atoms with Crippen molar-refractivity contribution in [3.05, 3.63) is 84.9 Å². The molecule has 0 radical (unpaired) electrons. The molecule has 0 aromatic heterocycles. The van der Waals surface area contributed by atoms with Gasteiger partial charge in [-0.1, -0.05) is 35.3 Å². The zero-order valence-electron chi connectivity index (χ0n) is 21.8. The van der Waals surface area contributed by atoms with Crippen LogP contribution in [0.25, 0.3) is 0 Å². The quantitative estimate of drug-likeness (QED) is 0.201. The molecule has 1 saturated heterocycles. The first-order valence-electron chi connectivity index (χ1n) is 12.9. The average Bonchev–Trinajstić information content (AvgIpc) is 3.02. The van der Waals surface area contributed by atoms with Gasteiger partial charge in [0, 0.05) is 46.0 Å². The van der Waals surface area contributed by atoms with E-state index in [-0.39, 0.29) is 22.6 Å². The molecule has 0 aliphatic carbocycles. The Morgan fingerprint density at radius 1 is 1.05 bits per heavy atom. The zero-order valence-corrected chi connectivity index (χ0v) is 25.5. The fourth-order valence-corrected chi connectivity index (χ4v) is 6.10. The van der Waals surface area contributed by atoms with E-state index in [1.807, 2.05) is 12.1 Å². The summed E-state index contributed by atoms with van der Waals surface area (Å²) in [5.74, 6) is -0.721. The van der Waals surface area contributed by atoms with Crippen LogP contribution in [0, 0.1) is 3.57 Å². The smallest absolute Gasteiger partial charge is 0.257 e. The molecule has 5 rings (SSSR count). The topological polar surface area (TPSA) is 99.3 Å². The van der Waals surface area contributed by atoms with Crippen molar-refractivity contribution >= 4 is 69.0 Å². The van der Waals surface area contributed by atoms with Crippen molar-refractivity contribution in [2.24, 2.45) is 0 Å². The highest BCUT2D eigenvalue weighted by Crippen LogP contribution is 2.42. The van der Waals surface area contributed by atoms with Crippen molar-refractivity contribution in [2.75, 3.05) is 50.0 Å². The molecule has 2 heterocycles. The van der Waals surface area contributed by atoms with Crippen LogP contribution in [0.1, 0.15) is 40.5 Å². The second kappa shape index (κ2) is 12.1.